The minimum Gasteiger partial charge on any atom is -0.484 e. The smallest absolute Gasteiger partial charge is 0.264 e. The lowest BCUT2D eigenvalue weighted by Crippen LogP contribution is -2.20. The second kappa shape index (κ2) is 10.6. The van der Waals surface area contributed by atoms with Crippen molar-refractivity contribution < 1.29 is 14.3 Å². The fourth-order valence-corrected chi connectivity index (χ4v) is 4.01. The van der Waals surface area contributed by atoms with E-state index >= 15 is 0 Å². The molecule has 0 bridgehead atoms. The van der Waals surface area contributed by atoms with E-state index in [1.165, 1.54) is 16.9 Å². The molecule has 0 radical (unpaired) electrons. The number of nitrogens with one attached hydrogen (secondary N) is 1. The molecule has 0 saturated carbocycles. The first-order chi connectivity index (χ1) is 14.5. The molecule has 1 amide bonds. The summed E-state index contributed by atoms with van der Waals surface area (Å²) in [5.74, 6) is 0.642. The van der Waals surface area contributed by atoms with Gasteiger partial charge in [-0.25, -0.2) is 0 Å². The number of aryl methyl sites for hydroxylation is 1. The lowest BCUT2D eigenvalue weighted by atomic mass is 9.97. The molecule has 7 heteroatoms. The zero-order chi connectivity index (χ0) is 21.3. The molecular weight excluding hydrogens is 398 g/mol. The summed E-state index contributed by atoms with van der Waals surface area (Å²) in [6.45, 7) is 3.58. The first kappa shape index (κ1) is 21.6. The predicted octanol–water partition coefficient (Wildman–Crippen LogP) is 4.62. The maximum Gasteiger partial charge on any atom is 0.264 e. The van der Waals surface area contributed by atoms with Crippen LogP contribution in [0.4, 0.5) is 5.13 Å². The number of nitrogens with zero attached hydrogens (tertiary/aromatic N) is 2. The Morgan fingerprint density at radius 3 is 2.47 bits per heavy atom. The van der Waals surface area contributed by atoms with Gasteiger partial charge in [-0.05, 0) is 43.0 Å². The molecule has 156 valence electrons. The maximum atomic E-state index is 12.2. The third-order valence-electron chi connectivity index (χ3n) is 4.65. The van der Waals surface area contributed by atoms with Gasteiger partial charge in [0.25, 0.3) is 5.91 Å². The maximum absolute atomic E-state index is 12.2. The van der Waals surface area contributed by atoms with E-state index in [9.17, 15) is 9.59 Å². The van der Waals surface area contributed by atoms with E-state index in [0.717, 1.165) is 17.0 Å². The van der Waals surface area contributed by atoms with Gasteiger partial charge in [-0.1, -0.05) is 60.7 Å². The summed E-state index contributed by atoms with van der Waals surface area (Å²) in [5.41, 5.74) is 2.25. The second-order valence-electron chi connectivity index (χ2n) is 7.00. The van der Waals surface area contributed by atoms with Gasteiger partial charge >= 0.3 is 0 Å². The number of ether oxygens (including phenoxy) is 1. The predicted molar refractivity (Wildman–Crippen MR) is 118 cm³/mol. The number of rotatable bonds is 10. The lowest BCUT2D eigenvalue weighted by Gasteiger charge is -2.11. The summed E-state index contributed by atoms with van der Waals surface area (Å²) < 4.78 is 5.54. The Morgan fingerprint density at radius 1 is 1.07 bits per heavy atom. The van der Waals surface area contributed by atoms with Gasteiger partial charge in [-0.2, -0.15) is 0 Å². The summed E-state index contributed by atoms with van der Waals surface area (Å²) in [5, 5.41) is 12.5. The van der Waals surface area contributed by atoms with Crippen LogP contribution in [0.5, 0.6) is 5.75 Å². The second-order valence-corrected chi connectivity index (χ2v) is 8.01. The molecule has 3 aromatic rings. The Bertz CT molecular complexity index is 971. The van der Waals surface area contributed by atoms with Crippen LogP contribution in [0.1, 0.15) is 48.7 Å². The van der Waals surface area contributed by atoms with E-state index in [2.05, 4.69) is 34.6 Å². The van der Waals surface area contributed by atoms with Crippen LogP contribution >= 0.6 is 11.3 Å². The average Bonchev–Trinajstić information content (AvgIpc) is 3.20. The highest BCUT2D eigenvalue weighted by Crippen LogP contribution is 2.31. The standard InChI is InChI=1S/C23H25N3O3S/c1-3-20(18-7-5-4-6-8-18)22-25-26-23(30-22)24-21(28)15-29-19-13-11-17(12-14-19)10-9-16(2)27/h4-8,11-14,20H,3,9-10,15H2,1-2H3,(H,24,26,28). The Morgan fingerprint density at radius 2 is 1.80 bits per heavy atom. The largest absolute Gasteiger partial charge is 0.484 e. The van der Waals surface area contributed by atoms with Crippen molar-refractivity contribution >= 4 is 28.2 Å². The van der Waals surface area contributed by atoms with Crippen molar-refractivity contribution in [1.29, 1.82) is 0 Å². The number of anilines is 1. The van der Waals surface area contributed by atoms with E-state index in [1.54, 1.807) is 19.1 Å². The molecule has 0 aliphatic carbocycles. The van der Waals surface area contributed by atoms with Crippen LogP contribution in [-0.4, -0.2) is 28.5 Å². The normalized spacial score (nSPS) is 11.7. The lowest BCUT2D eigenvalue weighted by molar-refractivity contribution is -0.118. The molecule has 30 heavy (non-hydrogen) atoms. The van der Waals surface area contributed by atoms with E-state index in [4.69, 9.17) is 4.74 Å². The SMILES string of the molecule is CCC(c1ccccc1)c1nnc(NC(=O)COc2ccc(CCC(C)=O)cc2)s1. The fraction of sp³-hybridized carbons (Fsp3) is 0.304. The molecule has 3 rings (SSSR count). The highest BCUT2D eigenvalue weighted by atomic mass is 32.1. The number of amides is 1. The average molecular weight is 424 g/mol. The van der Waals surface area contributed by atoms with Crippen molar-refractivity contribution in [2.75, 3.05) is 11.9 Å². The molecule has 1 N–H and O–H groups in total. The molecule has 6 nitrogen and oxygen atoms in total. The van der Waals surface area contributed by atoms with E-state index in [1.807, 2.05) is 30.3 Å². The van der Waals surface area contributed by atoms with Crippen LogP contribution in [0.3, 0.4) is 0 Å². The van der Waals surface area contributed by atoms with Gasteiger partial charge in [0.15, 0.2) is 6.61 Å². The van der Waals surface area contributed by atoms with Crippen LogP contribution in [-0.2, 0) is 16.0 Å². The third kappa shape index (κ3) is 6.22. The Kier molecular flexibility index (Phi) is 7.68. The summed E-state index contributed by atoms with van der Waals surface area (Å²) in [7, 11) is 0. The van der Waals surface area contributed by atoms with Gasteiger partial charge in [0.1, 0.15) is 16.5 Å². The minimum atomic E-state index is -0.286. The molecule has 0 aliphatic heterocycles. The number of hydrogen-bond donors (Lipinski definition) is 1. The zero-order valence-corrected chi connectivity index (χ0v) is 17.9. The molecule has 1 unspecified atom stereocenters. The van der Waals surface area contributed by atoms with Gasteiger partial charge in [-0.3, -0.25) is 10.1 Å². The first-order valence-corrected chi connectivity index (χ1v) is 10.8. The molecule has 0 saturated heterocycles. The summed E-state index contributed by atoms with van der Waals surface area (Å²) >= 11 is 1.38. The molecule has 0 aliphatic rings. The van der Waals surface area contributed by atoms with Crippen molar-refractivity contribution in [2.24, 2.45) is 0 Å². The monoisotopic (exact) mass is 423 g/mol. The van der Waals surface area contributed by atoms with Gasteiger partial charge in [0.05, 0.1) is 0 Å². The number of carbonyl (C=O) groups is 2. The molecule has 1 heterocycles. The van der Waals surface area contributed by atoms with E-state index in [-0.39, 0.29) is 24.2 Å². The number of benzene rings is 2. The van der Waals surface area contributed by atoms with Crippen molar-refractivity contribution in [1.82, 2.24) is 10.2 Å². The molecule has 0 fully saturated rings. The third-order valence-corrected chi connectivity index (χ3v) is 5.61. The van der Waals surface area contributed by atoms with E-state index < -0.39 is 0 Å². The minimum absolute atomic E-state index is 0.113. The number of hydrogen-bond acceptors (Lipinski definition) is 6. The number of aromatic nitrogens is 2. The quantitative estimate of drug-likeness (QED) is 0.515. The van der Waals surface area contributed by atoms with Gasteiger partial charge in [0, 0.05) is 12.3 Å². The van der Waals surface area contributed by atoms with Gasteiger partial charge in [0.2, 0.25) is 5.13 Å². The zero-order valence-electron chi connectivity index (χ0n) is 17.1. The summed E-state index contributed by atoms with van der Waals surface area (Å²) in [6.07, 6.45) is 2.13. The summed E-state index contributed by atoms with van der Waals surface area (Å²) in [4.78, 5) is 23.3. The van der Waals surface area contributed by atoms with Gasteiger partial charge < -0.3 is 9.53 Å². The first-order valence-electron chi connectivity index (χ1n) is 9.94. The Labute approximate surface area is 180 Å². The highest BCUT2D eigenvalue weighted by Gasteiger charge is 2.18. The number of Topliss-reactive ketones (excluding diaryl/α,β-unsaturated/α-hetero) is 1. The van der Waals surface area contributed by atoms with Crippen LogP contribution in [0.15, 0.2) is 54.6 Å². The molecule has 1 atom stereocenters. The Hall–Kier alpha value is -3.06. The molecule has 0 spiro atoms. The van der Waals surface area contributed by atoms with Crippen molar-refractivity contribution in [3.8, 4) is 5.75 Å². The van der Waals surface area contributed by atoms with E-state index in [0.29, 0.717) is 23.7 Å². The molecule has 2 aromatic carbocycles. The van der Waals surface area contributed by atoms with Crippen LogP contribution < -0.4 is 10.1 Å². The van der Waals surface area contributed by atoms with Crippen molar-refractivity contribution in [3.05, 3.63) is 70.7 Å². The van der Waals surface area contributed by atoms with Crippen LogP contribution in [0.2, 0.25) is 0 Å². The number of carbonyl (C=O) groups excluding carboxylic acids is 2. The topological polar surface area (TPSA) is 81.2 Å². The number of ketones is 1. The fourth-order valence-electron chi connectivity index (χ4n) is 3.04. The van der Waals surface area contributed by atoms with Crippen LogP contribution in [0.25, 0.3) is 0 Å². The van der Waals surface area contributed by atoms with Gasteiger partial charge in [-0.15, -0.1) is 10.2 Å². The summed E-state index contributed by atoms with van der Waals surface area (Å²) in [6, 6.07) is 17.6. The Balaban J connectivity index is 1.51. The van der Waals surface area contributed by atoms with Crippen LogP contribution in [0, 0.1) is 0 Å². The van der Waals surface area contributed by atoms with Crippen molar-refractivity contribution in [3.63, 3.8) is 0 Å². The molecular formula is C23H25N3O3S. The van der Waals surface area contributed by atoms with Crippen molar-refractivity contribution in [2.45, 2.75) is 39.0 Å². The molecule has 1 aromatic heterocycles. The highest BCUT2D eigenvalue weighted by molar-refractivity contribution is 7.15.